The van der Waals surface area contributed by atoms with E-state index in [9.17, 15) is 22.4 Å². The van der Waals surface area contributed by atoms with E-state index < -0.39 is 54.3 Å². The molecule has 1 saturated carbocycles. The van der Waals surface area contributed by atoms with Crippen LogP contribution in [0.4, 0.5) is 17.6 Å². The van der Waals surface area contributed by atoms with Crippen LogP contribution in [0.5, 0.6) is 0 Å². The zero-order valence-corrected chi connectivity index (χ0v) is 12.7. The van der Waals surface area contributed by atoms with Gasteiger partial charge in [-0.25, -0.2) is 4.39 Å². The minimum absolute atomic E-state index is 0.0201. The van der Waals surface area contributed by atoms with Crippen LogP contribution in [0.25, 0.3) is 0 Å². The smallest absolute Gasteiger partial charge is 0.373 e. The lowest BCUT2D eigenvalue weighted by Gasteiger charge is -2.38. The molecule has 3 rings (SSSR count). The molecule has 2 heterocycles. The van der Waals surface area contributed by atoms with Gasteiger partial charge in [-0.1, -0.05) is 0 Å². The summed E-state index contributed by atoms with van der Waals surface area (Å²) in [5, 5.41) is 0. The van der Waals surface area contributed by atoms with Crippen molar-refractivity contribution in [2.24, 2.45) is 5.92 Å². The predicted molar refractivity (Wildman–Crippen MR) is 67.4 cm³/mol. The highest BCUT2D eigenvalue weighted by Crippen LogP contribution is 2.58. The number of carbonyl (C=O) groups excluding carboxylic acids is 1. The summed E-state index contributed by atoms with van der Waals surface area (Å²) in [6.07, 6.45) is -7.94. The third-order valence-corrected chi connectivity index (χ3v) is 4.99. The van der Waals surface area contributed by atoms with Gasteiger partial charge in [-0.3, -0.25) is 9.53 Å². The van der Waals surface area contributed by atoms with Crippen LogP contribution in [0.3, 0.4) is 0 Å². The average molecular weight is 342 g/mol. The second kappa shape index (κ2) is 5.37. The largest absolute Gasteiger partial charge is 0.522 e. The molecular formula is C14H18F4O5. The number of carbonyl (C=O) groups is 1. The number of Topliss-reactive ketones (excluding diaryl/α,β-unsaturated/α-hetero) is 1. The highest BCUT2D eigenvalue weighted by atomic mass is 19.4. The predicted octanol–water partition coefficient (Wildman–Crippen LogP) is 1.78. The number of alkyl halides is 4. The summed E-state index contributed by atoms with van der Waals surface area (Å²) in [6, 6.07) is 0. The third-order valence-electron chi connectivity index (χ3n) is 4.99. The summed E-state index contributed by atoms with van der Waals surface area (Å²) in [7, 11) is 1.30. The average Bonchev–Trinajstić information content (AvgIpc) is 3.32. The van der Waals surface area contributed by atoms with E-state index in [1.165, 1.54) is 7.11 Å². The highest BCUT2D eigenvalue weighted by Gasteiger charge is 2.73. The van der Waals surface area contributed by atoms with Crippen LogP contribution < -0.4 is 0 Å². The van der Waals surface area contributed by atoms with E-state index in [0.717, 1.165) is 0 Å². The van der Waals surface area contributed by atoms with E-state index in [0.29, 0.717) is 0 Å². The van der Waals surface area contributed by atoms with Crippen LogP contribution in [0.1, 0.15) is 19.8 Å². The van der Waals surface area contributed by atoms with Gasteiger partial charge in [0.25, 0.3) is 0 Å². The minimum Gasteiger partial charge on any atom is -0.373 e. The molecule has 132 valence electrons. The van der Waals surface area contributed by atoms with Crippen molar-refractivity contribution >= 4 is 5.78 Å². The molecular weight excluding hydrogens is 324 g/mol. The fraction of sp³-hybridized carbons (Fsp3) is 0.929. The number of ketones is 1. The normalized spacial score (nSPS) is 46.3. The Bertz CT molecular complexity index is 492. The van der Waals surface area contributed by atoms with Crippen molar-refractivity contribution in [2.75, 3.05) is 20.3 Å². The number of ether oxygens (including phenoxy) is 4. The second-order valence-corrected chi connectivity index (χ2v) is 6.43. The molecule has 6 unspecified atom stereocenters. The van der Waals surface area contributed by atoms with E-state index >= 15 is 0 Å². The van der Waals surface area contributed by atoms with Gasteiger partial charge in [-0.05, 0) is 6.92 Å². The zero-order valence-electron chi connectivity index (χ0n) is 12.7. The Morgan fingerprint density at radius 2 is 2.04 bits per heavy atom. The second-order valence-electron chi connectivity index (χ2n) is 6.43. The zero-order chi connectivity index (χ0) is 17.0. The van der Waals surface area contributed by atoms with Gasteiger partial charge in [0.1, 0.15) is 17.3 Å². The van der Waals surface area contributed by atoms with E-state index in [2.05, 4.69) is 4.74 Å². The first-order chi connectivity index (χ1) is 10.6. The maximum absolute atomic E-state index is 13.9. The minimum atomic E-state index is -4.69. The molecule has 2 saturated heterocycles. The number of hydrogen-bond donors (Lipinski definition) is 0. The van der Waals surface area contributed by atoms with Gasteiger partial charge in [-0.2, -0.15) is 0 Å². The molecule has 0 amide bonds. The number of methoxy groups -OCH3 is 1. The van der Waals surface area contributed by atoms with Gasteiger partial charge in [0.2, 0.25) is 0 Å². The quantitative estimate of drug-likeness (QED) is 0.563. The van der Waals surface area contributed by atoms with Gasteiger partial charge >= 0.3 is 6.36 Å². The maximum atomic E-state index is 13.9. The molecule has 23 heavy (non-hydrogen) atoms. The van der Waals surface area contributed by atoms with E-state index in [4.69, 9.17) is 14.2 Å². The van der Waals surface area contributed by atoms with Crippen molar-refractivity contribution in [3.63, 3.8) is 0 Å². The van der Waals surface area contributed by atoms with Crippen LogP contribution >= 0.6 is 0 Å². The lowest BCUT2D eigenvalue weighted by Crippen LogP contribution is -2.56. The molecule has 0 aromatic heterocycles. The SMILES string of the molecule is COC1C(=O)C(F)CC2(CO2)C1C1(C)OC1CCOC(F)(F)F. The van der Waals surface area contributed by atoms with Crippen molar-refractivity contribution in [3.8, 4) is 0 Å². The molecule has 9 heteroatoms. The van der Waals surface area contributed by atoms with Crippen LogP contribution in [0, 0.1) is 5.92 Å². The molecule has 3 fully saturated rings. The van der Waals surface area contributed by atoms with Gasteiger partial charge in [0.05, 0.1) is 25.2 Å². The van der Waals surface area contributed by atoms with Crippen LogP contribution in [0.2, 0.25) is 0 Å². The Hall–Kier alpha value is -0.770. The fourth-order valence-corrected chi connectivity index (χ4v) is 3.79. The summed E-state index contributed by atoms with van der Waals surface area (Å²) in [5.74, 6) is -1.21. The summed E-state index contributed by atoms with van der Waals surface area (Å²) >= 11 is 0. The molecule has 2 aliphatic heterocycles. The summed E-state index contributed by atoms with van der Waals surface area (Å²) in [6.45, 7) is 1.44. The Balaban J connectivity index is 1.69. The molecule has 3 aliphatic rings. The third kappa shape index (κ3) is 2.99. The van der Waals surface area contributed by atoms with Crippen LogP contribution in [0.15, 0.2) is 0 Å². The number of halogens is 4. The molecule has 0 aromatic rings. The lowest BCUT2D eigenvalue weighted by atomic mass is 9.68. The Morgan fingerprint density at radius 1 is 1.39 bits per heavy atom. The number of rotatable bonds is 5. The van der Waals surface area contributed by atoms with Crippen molar-refractivity contribution in [3.05, 3.63) is 0 Å². The van der Waals surface area contributed by atoms with Gasteiger partial charge in [0, 0.05) is 20.0 Å². The van der Waals surface area contributed by atoms with Crippen molar-refractivity contribution in [2.45, 2.75) is 55.7 Å². The Kier molecular flexibility index (Phi) is 3.98. The summed E-state index contributed by atoms with van der Waals surface area (Å²) in [5.41, 5.74) is -1.72. The number of hydrogen-bond acceptors (Lipinski definition) is 5. The van der Waals surface area contributed by atoms with E-state index in [-0.39, 0.29) is 19.4 Å². The van der Waals surface area contributed by atoms with Crippen molar-refractivity contribution in [1.29, 1.82) is 0 Å². The van der Waals surface area contributed by atoms with Gasteiger partial charge < -0.3 is 14.2 Å². The van der Waals surface area contributed by atoms with Crippen LogP contribution in [-0.2, 0) is 23.7 Å². The van der Waals surface area contributed by atoms with E-state index in [1.54, 1.807) is 6.92 Å². The molecule has 0 aromatic carbocycles. The number of epoxide rings is 2. The molecule has 1 aliphatic carbocycles. The summed E-state index contributed by atoms with van der Waals surface area (Å²) < 4.78 is 69.9. The first kappa shape index (κ1) is 17.1. The van der Waals surface area contributed by atoms with Crippen molar-refractivity contribution < 1.29 is 41.3 Å². The first-order valence-corrected chi connectivity index (χ1v) is 7.36. The lowest BCUT2D eigenvalue weighted by molar-refractivity contribution is -0.324. The van der Waals surface area contributed by atoms with E-state index in [1.807, 2.05) is 0 Å². The monoisotopic (exact) mass is 342 g/mol. The standard InChI is InChI=1S/C14H18F4O5/c1-12(8(23-12)3-4-21-14(16,17)18)11-10(20-2)9(19)7(15)5-13(11)6-22-13/h7-8,10-11H,3-6H2,1-2H3. The Labute approximate surface area is 130 Å². The van der Waals surface area contributed by atoms with Gasteiger partial charge in [0.15, 0.2) is 12.0 Å². The summed E-state index contributed by atoms with van der Waals surface area (Å²) in [4.78, 5) is 12.0. The maximum Gasteiger partial charge on any atom is 0.522 e. The van der Waals surface area contributed by atoms with Crippen molar-refractivity contribution in [1.82, 2.24) is 0 Å². The van der Waals surface area contributed by atoms with Crippen LogP contribution in [-0.4, -0.2) is 62.1 Å². The topological polar surface area (TPSA) is 60.6 Å². The Morgan fingerprint density at radius 3 is 2.57 bits per heavy atom. The molecule has 0 bridgehead atoms. The van der Waals surface area contributed by atoms with Gasteiger partial charge in [-0.15, -0.1) is 13.2 Å². The molecule has 0 N–H and O–H groups in total. The molecule has 6 atom stereocenters. The molecule has 0 radical (unpaired) electrons. The first-order valence-electron chi connectivity index (χ1n) is 7.36. The fourth-order valence-electron chi connectivity index (χ4n) is 3.79. The molecule has 5 nitrogen and oxygen atoms in total. The molecule has 1 spiro atoms. The highest BCUT2D eigenvalue weighted by molar-refractivity contribution is 5.89.